The fourth-order valence-corrected chi connectivity index (χ4v) is 2.67. The quantitative estimate of drug-likeness (QED) is 0.878. The van der Waals surface area contributed by atoms with Gasteiger partial charge in [-0.15, -0.1) is 0 Å². The third-order valence-corrected chi connectivity index (χ3v) is 3.91. The van der Waals surface area contributed by atoms with E-state index in [1.807, 2.05) is 0 Å². The minimum Gasteiger partial charge on any atom is -0.379 e. The lowest BCUT2D eigenvalue weighted by atomic mass is 10.0. The molecule has 2 N–H and O–H groups in total. The zero-order chi connectivity index (χ0) is 14.5. The Balaban J connectivity index is 2.04. The van der Waals surface area contributed by atoms with Crippen LogP contribution in [-0.2, 0) is 9.53 Å². The molecule has 0 spiro atoms. The van der Waals surface area contributed by atoms with Crippen LogP contribution in [0.3, 0.4) is 0 Å². The lowest BCUT2D eigenvalue weighted by Crippen LogP contribution is -2.41. The lowest BCUT2D eigenvalue weighted by molar-refractivity contribution is -0.120. The zero-order valence-corrected chi connectivity index (χ0v) is 12.8. The number of carbonyl (C=O) groups excluding carboxylic acids is 1. The van der Waals surface area contributed by atoms with E-state index in [0.29, 0.717) is 28.9 Å². The van der Waals surface area contributed by atoms with Crippen molar-refractivity contribution in [2.45, 2.75) is 19.4 Å². The largest absolute Gasteiger partial charge is 0.379 e. The molecular weight excluding hydrogens is 299 g/mol. The van der Waals surface area contributed by atoms with Crippen LogP contribution < -0.4 is 10.6 Å². The van der Waals surface area contributed by atoms with Crippen LogP contribution in [0.15, 0.2) is 18.2 Å². The summed E-state index contributed by atoms with van der Waals surface area (Å²) in [5, 5.41) is 7.00. The number of para-hydroxylation sites is 1. The van der Waals surface area contributed by atoms with Gasteiger partial charge in [0.2, 0.25) is 5.91 Å². The number of ether oxygens (including phenoxy) is 1. The maximum Gasteiger partial charge on any atom is 0.231 e. The maximum absolute atomic E-state index is 12.3. The van der Waals surface area contributed by atoms with Crippen LogP contribution in [0, 0.1) is 5.92 Å². The summed E-state index contributed by atoms with van der Waals surface area (Å²) in [6.07, 6.45) is 1.02. The molecule has 1 amide bonds. The van der Waals surface area contributed by atoms with Crippen molar-refractivity contribution in [2.75, 3.05) is 25.1 Å². The number of hydrogen-bond donors (Lipinski definition) is 2. The summed E-state index contributed by atoms with van der Waals surface area (Å²) in [5.41, 5.74) is 0.460. The van der Waals surface area contributed by atoms with Crippen molar-refractivity contribution in [3.05, 3.63) is 28.2 Å². The van der Waals surface area contributed by atoms with Gasteiger partial charge < -0.3 is 15.4 Å². The molecule has 1 saturated heterocycles. The van der Waals surface area contributed by atoms with E-state index in [9.17, 15) is 4.79 Å². The van der Waals surface area contributed by atoms with Crippen LogP contribution in [0.4, 0.5) is 5.69 Å². The van der Waals surface area contributed by atoms with Crippen molar-refractivity contribution in [2.24, 2.45) is 5.92 Å². The van der Waals surface area contributed by atoms with Gasteiger partial charge in [0.25, 0.3) is 0 Å². The van der Waals surface area contributed by atoms with Gasteiger partial charge in [-0.05, 0) is 25.1 Å². The Morgan fingerprint density at radius 2 is 2.05 bits per heavy atom. The molecule has 1 heterocycles. The van der Waals surface area contributed by atoms with Crippen molar-refractivity contribution in [1.82, 2.24) is 5.32 Å². The molecule has 0 bridgehead atoms. The van der Waals surface area contributed by atoms with Crippen LogP contribution >= 0.6 is 23.2 Å². The fourth-order valence-electron chi connectivity index (χ4n) is 2.18. The molecular formula is C14H18Cl2N2O2. The summed E-state index contributed by atoms with van der Waals surface area (Å²) < 4.78 is 5.40. The number of hydrogen-bond acceptors (Lipinski definition) is 3. The summed E-state index contributed by atoms with van der Waals surface area (Å²) in [6.45, 7) is 3.91. The predicted molar refractivity (Wildman–Crippen MR) is 81.5 cm³/mol. The van der Waals surface area contributed by atoms with E-state index in [4.69, 9.17) is 27.9 Å². The first kappa shape index (κ1) is 15.6. The average molecular weight is 317 g/mol. The standard InChI is InChI=1S/C14H18Cl2N2O2/c1-2-6-17-12-8-20-7-9(12)14(19)18-13-10(15)4-3-5-11(13)16/h3-5,9,12,17H,2,6-8H2,1H3,(H,18,19). The number of carbonyl (C=O) groups is 1. The molecule has 2 rings (SSSR count). The second-order valence-electron chi connectivity index (χ2n) is 4.79. The van der Waals surface area contributed by atoms with Gasteiger partial charge in [-0.3, -0.25) is 4.79 Å². The summed E-state index contributed by atoms with van der Waals surface area (Å²) >= 11 is 12.1. The Hall–Kier alpha value is -0.810. The SMILES string of the molecule is CCCNC1COCC1C(=O)Nc1c(Cl)cccc1Cl. The molecule has 6 heteroatoms. The monoisotopic (exact) mass is 316 g/mol. The summed E-state index contributed by atoms with van der Waals surface area (Å²) in [6, 6.07) is 5.17. The van der Waals surface area contributed by atoms with Crippen LogP contribution in [-0.4, -0.2) is 31.7 Å². The van der Waals surface area contributed by atoms with Crippen molar-refractivity contribution < 1.29 is 9.53 Å². The number of rotatable bonds is 5. The number of anilines is 1. The summed E-state index contributed by atoms with van der Waals surface area (Å²) in [7, 11) is 0. The highest BCUT2D eigenvalue weighted by molar-refractivity contribution is 6.39. The van der Waals surface area contributed by atoms with E-state index < -0.39 is 0 Å². The Labute approximate surface area is 128 Å². The molecule has 0 saturated carbocycles. The Kier molecular flexibility index (Phi) is 5.66. The molecule has 0 radical (unpaired) electrons. The van der Waals surface area contributed by atoms with Gasteiger partial charge >= 0.3 is 0 Å². The Morgan fingerprint density at radius 3 is 2.70 bits per heavy atom. The lowest BCUT2D eigenvalue weighted by Gasteiger charge is -2.19. The van der Waals surface area contributed by atoms with E-state index in [1.54, 1.807) is 18.2 Å². The van der Waals surface area contributed by atoms with Crippen LogP contribution in [0.2, 0.25) is 10.0 Å². The van der Waals surface area contributed by atoms with Gasteiger partial charge in [0, 0.05) is 6.04 Å². The van der Waals surface area contributed by atoms with Crippen molar-refractivity contribution in [3.8, 4) is 0 Å². The third kappa shape index (κ3) is 3.64. The van der Waals surface area contributed by atoms with Crippen molar-refractivity contribution in [1.29, 1.82) is 0 Å². The Bertz CT molecular complexity index is 462. The van der Waals surface area contributed by atoms with E-state index >= 15 is 0 Å². The summed E-state index contributed by atoms with van der Waals surface area (Å²) in [4.78, 5) is 12.3. The molecule has 1 aromatic rings. The second kappa shape index (κ2) is 7.27. The van der Waals surface area contributed by atoms with Gasteiger partial charge in [0.05, 0.1) is 34.9 Å². The van der Waals surface area contributed by atoms with Gasteiger partial charge in [0.15, 0.2) is 0 Å². The van der Waals surface area contributed by atoms with E-state index in [1.165, 1.54) is 0 Å². The molecule has 1 fully saturated rings. The fraction of sp³-hybridized carbons (Fsp3) is 0.500. The molecule has 1 aliphatic rings. The number of nitrogens with one attached hydrogen (secondary N) is 2. The molecule has 110 valence electrons. The first-order chi connectivity index (χ1) is 9.63. The highest BCUT2D eigenvalue weighted by Gasteiger charge is 2.34. The minimum atomic E-state index is -0.228. The molecule has 2 atom stereocenters. The first-order valence-corrected chi connectivity index (χ1v) is 7.45. The highest BCUT2D eigenvalue weighted by atomic mass is 35.5. The Morgan fingerprint density at radius 1 is 1.35 bits per heavy atom. The average Bonchev–Trinajstić information content (AvgIpc) is 2.89. The third-order valence-electron chi connectivity index (χ3n) is 3.28. The van der Waals surface area contributed by atoms with Gasteiger partial charge in [-0.25, -0.2) is 0 Å². The van der Waals surface area contributed by atoms with Crippen LogP contribution in [0.25, 0.3) is 0 Å². The second-order valence-corrected chi connectivity index (χ2v) is 5.60. The van der Waals surface area contributed by atoms with Crippen molar-refractivity contribution in [3.63, 3.8) is 0 Å². The van der Waals surface area contributed by atoms with Gasteiger partial charge in [-0.1, -0.05) is 36.2 Å². The number of benzene rings is 1. The van der Waals surface area contributed by atoms with Crippen molar-refractivity contribution >= 4 is 34.8 Å². The maximum atomic E-state index is 12.3. The highest BCUT2D eigenvalue weighted by Crippen LogP contribution is 2.30. The molecule has 0 aliphatic carbocycles. The number of amides is 1. The van der Waals surface area contributed by atoms with Gasteiger partial charge in [-0.2, -0.15) is 0 Å². The molecule has 1 aliphatic heterocycles. The van der Waals surface area contributed by atoms with E-state index in [-0.39, 0.29) is 17.9 Å². The molecule has 0 aromatic heterocycles. The zero-order valence-electron chi connectivity index (χ0n) is 11.3. The molecule has 1 aromatic carbocycles. The summed E-state index contributed by atoms with van der Waals surface area (Å²) in [5.74, 6) is -0.347. The number of halogens is 2. The van der Waals surface area contributed by atoms with Crippen LogP contribution in [0.1, 0.15) is 13.3 Å². The molecule has 20 heavy (non-hydrogen) atoms. The minimum absolute atomic E-state index is 0.0382. The van der Waals surface area contributed by atoms with Gasteiger partial charge in [0.1, 0.15) is 0 Å². The normalized spacial score (nSPS) is 21.9. The predicted octanol–water partition coefficient (Wildman–Crippen LogP) is 2.95. The van der Waals surface area contributed by atoms with E-state index in [0.717, 1.165) is 13.0 Å². The van der Waals surface area contributed by atoms with E-state index in [2.05, 4.69) is 17.6 Å². The van der Waals surface area contributed by atoms with Crippen LogP contribution in [0.5, 0.6) is 0 Å². The smallest absolute Gasteiger partial charge is 0.231 e. The first-order valence-electron chi connectivity index (χ1n) is 6.69. The topological polar surface area (TPSA) is 50.4 Å². The molecule has 2 unspecified atom stereocenters. The molecule has 4 nitrogen and oxygen atoms in total.